The Bertz CT molecular complexity index is 869. The summed E-state index contributed by atoms with van der Waals surface area (Å²) in [6.07, 6.45) is 3.57. The molecule has 0 atom stereocenters. The molecule has 1 aliphatic rings. The summed E-state index contributed by atoms with van der Waals surface area (Å²) < 4.78 is 15.9. The molecule has 9 heteroatoms. The number of carbonyl (C=O) groups is 2. The van der Waals surface area contributed by atoms with Crippen LogP contribution in [0.25, 0.3) is 0 Å². The number of nitrogens with zero attached hydrogens (tertiary/aromatic N) is 1. The zero-order valence-corrected chi connectivity index (χ0v) is 16.4. The summed E-state index contributed by atoms with van der Waals surface area (Å²) >= 11 is 0. The van der Waals surface area contributed by atoms with E-state index in [9.17, 15) is 14.4 Å². The number of hydrogen-bond acceptors (Lipinski definition) is 6. The molecule has 0 spiro atoms. The van der Waals surface area contributed by atoms with E-state index >= 15 is 0 Å². The normalized spacial score (nSPS) is 14.6. The number of nitrogens with one attached hydrogen (secondary N) is 2. The number of ether oxygens (including phenoxy) is 1. The molecule has 0 radical (unpaired) electrons. The molecule has 0 aromatic carbocycles. The van der Waals surface area contributed by atoms with Gasteiger partial charge in [0.15, 0.2) is 18.1 Å². The number of rotatable bonds is 8. The number of quaternary nitrogens is 1. The largest absolute Gasteiger partial charge is 0.477 e. The topological polar surface area (TPSA) is 106 Å². The van der Waals surface area contributed by atoms with Crippen LogP contribution in [-0.4, -0.2) is 56.0 Å². The summed E-state index contributed by atoms with van der Waals surface area (Å²) in [4.78, 5) is 39.0. The third-order valence-corrected chi connectivity index (χ3v) is 4.70. The summed E-state index contributed by atoms with van der Waals surface area (Å²) in [5.74, 6) is 0.521. The zero-order chi connectivity index (χ0) is 20.6. The van der Waals surface area contributed by atoms with Gasteiger partial charge in [-0.15, -0.1) is 0 Å². The van der Waals surface area contributed by atoms with Gasteiger partial charge in [-0.05, 0) is 18.6 Å². The fourth-order valence-electron chi connectivity index (χ4n) is 3.10. The average molecular weight is 404 g/mol. The second-order valence-electron chi connectivity index (χ2n) is 6.91. The van der Waals surface area contributed by atoms with Gasteiger partial charge in [-0.2, -0.15) is 0 Å². The van der Waals surface area contributed by atoms with Crippen molar-refractivity contribution in [1.29, 1.82) is 0 Å². The van der Waals surface area contributed by atoms with Crippen LogP contribution >= 0.6 is 0 Å². The van der Waals surface area contributed by atoms with E-state index in [1.54, 1.807) is 17.0 Å². The first-order chi connectivity index (χ1) is 14.1. The average Bonchev–Trinajstić information content (AvgIpc) is 3.26. The Morgan fingerprint density at radius 3 is 2.72 bits per heavy atom. The second-order valence-corrected chi connectivity index (χ2v) is 6.91. The van der Waals surface area contributed by atoms with Crippen LogP contribution in [0.5, 0.6) is 5.75 Å². The highest BCUT2D eigenvalue weighted by molar-refractivity contribution is 5.91. The summed E-state index contributed by atoms with van der Waals surface area (Å²) in [5, 5.41) is 2.67. The second kappa shape index (κ2) is 9.92. The highest BCUT2D eigenvalue weighted by Gasteiger charge is 2.26. The van der Waals surface area contributed by atoms with Crippen molar-refractivity contribution in [3.8, 4) is 5.75 Å². The molecular formula is C20H26N3O6+. The van der Waals surface area contributed by atoms with Gasteiger partial charge in [0.05, 0.1) is 32.4 Å². The third kappa shape index (κ3) is 5.71. The number of amides is 2. The molecule has 3 rings (SSSR count). The number of hydrogen-bond donors (Lipinski definition) is 2. The summed E-state index contributed by atoms with van der Waals surface area (Å²) in [5.41, 5.74) is -0.319. The molecule has 2 amide bonds. The lowest BCUT2D eigenvalue weighted by atomic mass is 10.2. The molecule has 0 aliphatic carbocycles. The van der Waals surface area contributed by atoms with Crippen LogP contribution < -0.4 is 20.4 Å². The lowest BCUT2D eigenvalue weighted by Gasteiger charge is -2.31. The first-order valence-corrected chi connectivity index (χ1v) is 9.74. The molecule has 1 fully saturated rings. The molecule has 3 heterocycles. The number of carbonyl (C=O) groups excluding carboxylic acids is 2. The van der Waals surface area contributed by atoms with Gasteiger partial charge in [0.25, 0.3) is 11.8 Å². The van der Waals surface area contributed by atoms with Crippen molar-refractivity contribution in [2.75, 3.05) is 39.3 Å². The Hall–Kier alpha value is -3.07. The van der Waals surface area contributed by atoms with E-state index in [1.165, 1.54) is 23.5 Å². The maximum atomic E-state index is 12.3. The Balaban J connectivity index is 1.47. The van der Waals surface area contributed by atoms with Crippen LogP contribution in [0.3, 0.4) is 0 Å². The summed E-state index contributed by atoms with van der Waals surface area (Å²) in [6, 6.07) is 4.75. The standard InChI is InChI=1S/C20H25N3O6/c1-2-5-21-19(25)14-29-18-13-28-15(11-16(18)24)12-22-6-8-23(9-7-22)20(26)17-4-3-10-27-17/h3-4,10-11,13H,2,5-9,12,14H2,1H3,(H,21,25)/p+1. The fraction of sp³-hybridized carbons (Fsp3) is 0.450. The number of piperazine rings is 1. The van der Waals surface area contributed by atoms with Crippen LogP contribution in [0, 0.1) is 0 Å². The zero-order valence-electron chi connectivity index (χ0n) is 16.4. The van der Waals surface area contributed by atoms with Crippen LogP contribution in [0.4, 0.5) is 0 Å². The van der Waals surface area contributed by atoms with Crippen molar-refractivity contribution in [3.63, 3.8) is 0 Å². The molecule has 29 heavy (non-hydrogen) atoms. The fourth-order valence-corrected chi connectivity index (χ4v) is 3.10. The monoisotopic (exact) mass is 404 g/mol. The summed E-state index contributed by atoms with van der Waals surface area (Å²) in [7, 11) is 0. The van der Waals surface area contributed by atoms with Gasteiger partial charge in [-0.1, -0.05) is 6.92 Å². The predicted octanol–water partition coefficient (Wildman–Crippen LogP) is -0.321. The molecule has 2 aromatic heterocycles. The van der Waals surface area contributed by atoms with Gasteiger partial charge < -0.3 is 28.7 Å². The molecule has 156 valence electrons. The summed E-state index contributed by atoms with van der Waals surface area (Å²) in [6.45, 7) is 5.53. The molecular weight excluding hydrogens is 378 g/mol. The smallest absolute Gasteiger partial charge is 0.289 e. The van der Waals surface area contributed by atoms with Gasteiger partial charge in [0.2, 0.25) is 11.2 Å². The Morgan fingerprint density at radius 2 is 2.07 bits per heavy atom. The maximum Gasteiger partial charge on any atom is 0.289 e. The van der Waals surface area contributed by atoms with Crippen LogP contribution in [0.2, 0.25) is 0 Å². The van der Waals surface area contributed by atoms with Gasteiger partial charge in [-0.3, -0.25) is 14.4 Å². The van der Waals surface area contributed by atoms with Gasteiger partial charge in [0.1, 0.15) is 12.8 Å². The molecule has 9 nitrogen and oxygen atoms in total. The van der Waals surface area contributed by atoms with Crippen molar-refractivity contribution in [2.24, 2.45) is 0 Å². The molecule has 1 aliphatic heterocycles. The number of furan rings is 1. The van der Waals surface area contributed by atoms with E-state index in [0.717, 1.165) is 19.5 Å². The van der Waals surface area contributed by atoms with Crippen molar-refractivity contribution >= 4 is 11.8 Å². The molecule has 2 N–H and O–H groups in total. The van der Waals surface area contributed by atoms with Gasteiger partial charge in [0, 0.05) is 12.6 Å². The van der Waals surface area contributed by atoms with Crippen LogP contribution in [0.15, 0.2) is 44.4 Å². The van der Waals surface area contributed by atoms with Gasteiger partial charge >= 0.3 is 0 Å². The highest BCUT2D eigenvalue weighted by Crippen LogP contribution is 2.07. The minimum atomic E-state index is -0.319. The molecule has 2 aromatic rings. The van der Waals surface area contributed by atoms with Crippen LogP contribution in [0.1, 0.15) is 29.7 Å². The van der Waals surface area contributed by atoms with E-state index < -0.39 is 0 Å². The minimum absolute atomic E-state index is 0.0178. The minimum Gasteiger partial charge on any atom is -0.477 e. The molecule has 0 unspecified atom stereocenters. The highest BCUT2D eigenvalue weighted by atomic mass is 16.5. The third-order valence-electron chi connectivity index (χ3n) is 4.70. The van der Waals surface area contributed by atoms with E-state index in [2.05, 4.69) is 5.32 Å². The predicted molar refractivity (Wildman–Crippen MR) is 103 cm³/mol. The first-order valence-electron chi connectivity index (χ1n) is 9.74. The molecule has 0 bridgehead atoms. The molecule has 1 saturated heterocycles. The van der Waals surface area contributed by atoms with Crippen molar-refractivity contribution in [2.45, 2.75) is 19.9 Å². The maximum absolute atomic E-state index is 12.3. The molecule has 0 saturated carbocycles. The lowest BCUT2D eigenvalue weighted by molar-refractivity contribution is -0.918. The van der Waals surface area contributed by atoms with E-state index in [1.807, 2.05) is 6.92 Å². The van der Waals surface area contributed by atoms with E-state index in [0.29, 0.717) is 37.7 Å². The van der Waals surface area contributed by atoms with E-state index in [-0.39, 0.29) is 29.6 Å². The van der Waals surface area contributed by atoms with Gasteiger partial charge in [-0.25, -0.2) is 0 Å². The first kappa shape index (κ1) is 20.7. The van der Waals surface area contributed by atoms with E-state index in [4.69, 9.17) is 13.6 Å². The SMILES string of the molecule is CCCNC(=O)COc1coc(C[NH+]2CCN(C(=O)c3ccco3)CC2)cc1=O. The lowest BCUT2D eigenvalue weighted by Crippen LogP contribution is -3.13. The Morgan fingerprint density at radius 1 is 1.28 bits per heavy atom. The Labute approximate surface area is 168 Å². The van der Waals surface area contributed by atoms with Crippen molar-refractivity contribution < 1.29 is 28.1 Å². The van der Waals surface area contributed by atoms with Crippen LogP contribution in [-0.2, 0) is 11.3 Å². The quantitative estimate of drug-likeness (QED) is 0.625. The Kier molecular flexibility index (Phi) is 7.07. The van der Waals surface area contributed by atoms with Crippen molar-refractivity contribution in [1.82, 2.24) is 10.2 Å². The van der Waals surface area contributed by atoms with Crippen molar-refractivity contribution in [3.05, 3.63) is 52.5 Å².